The second-order valence-corrected chi connectivity index (χ2v) is 7.24. The highest BCUT2D eigenvalue weighted by Gasteiger charge is 2.23. The van der Waals surface area contributed by atoms with Crippen LogP contribution in [0.5, 0.6) is 0 Å². The number of hydrogen-bond acceptors (Lipinski definition) is 4. The van der Waals surface area contributed by atoms with Crippen LogP contribution >= 0.6 is 0 Å². The van der Waals surface area contributed by atoms with Crippen molar-refractivity contribution in [3.63, 3.8) is 0 Å². The first kappa shape index (κ1) is 17.8. The van der Waals surface area contributed by atoms with E-state index in [0.717, 1.165) is 29.0 Å². The maximum Gasteiger partial charge on any atom is 0.251 e. The molecule has 1 aromatic heterocycles. The predicted octanol–water partition coefficient (Wildman–Crippen LogP) is 3.24. The molecule has 3 rings (SSSR count). The molecule has 25 heavy (non-hydrogen) atoms. The van der Waals surface area contributed by atoms with Gasteiger partial charge in [-0.15, -0.1) is 0 Å². The molecular weight excluding hydrogens is 312 g/mol. The molecule has 0 spiro atoms. The highest BCUT2D eigenvalue weighted by molar-refractivity contribution is 5.97. The quantitative estimate of drug-likeness (QED) is 0.928. The number of piperidine rings is 1. The van der Waals surface area contributed by atoms with Gasteiger partial charge in [-0.3, -0.25) is 9.69 Å². The topological polar surface area (TPSA) is 58.1 Å². The molecule has 1 saturated heterocycles. The minimum absolute atomic E-state index is 0.0431. The average molecular weight is 340 g/mol. The molecule has 2 aromatic rings. The van der Waals surface area contributed by atoms with Crippen molar-refractivity contribution in [2.75, 3.05) is 13.1 Å². The zero-order valence-corrected chi connectivity index (χ0v) is 15.7. The predicted molar refractivity (Wildman–Crippen MR) is 101 cm³/mol. The van der Waals surface area contributed by atoms with Crippen molar-refractivity contribution in [3.8, 4) is 0 Å². The van der Waals surface area contributed by atoms with Crippen molar-refractivity contribution in [1.29, 1.82) is 0 Å². The van der Waals surface area contributed by atoms with Crippen LogP contribution in [0.25, 0.3) is 11.0 Å². The SMILES string of the molecule is Cc1nc2ccc(C(=O)NC[C@@H](C)N3CCCC[C@H]3C)cc2nc1C. The lowest BCUT2D eigenvalue weighted by Crippen LogP contribution is -2.48. The number of aromatic nitrogens is 2. The molecule has 0 unspecified atom stereocenters. The third-order valence-corrected chi connectivity index (χ3v) is 5.32. The molecule has 1 aliphatic heterocycles. The third kappa shape index (κ3) is 3.98. The van der Waals surface area contributed by atoms with Gasteiger partial charge < -0.3 is 5.32 Å². The number of aryl methyl sites for hydroxylation is 2. The number of benzene rings is 1. The molecule has 1 amide bonds. The van der Waals surface area contributed by atoms with Crippen molar-refractivity contribution in [2.45, 2.75) is 59.0 Å². The van der Waals surface area contributed by atoms with Crippen LogP contribution in [0.2, 0.25) is 0 Å². The standard InChI is InChI=1S/C20H28N4O/c1-13-7-5-6-10-24(13)14(2)12-21-20(25)17-8-9-18-19(11-17)23-16(4)15(3)22-18/h8-9,11,13-14H,5-7,10,12H2,1-4H3,(H,21,25)/t13-,14-/m1/s1. The summed E-state index contributed by atoms with van der Waals surface area (Å²) >= 11 is 0. The van der Waals surface area contributed by atoms with E-state index in [1.54, 1.807) is 0 Å². The van der Waals surface area contributed by atoms with Gasteiger partial charge in [0.05, 0.1) is 22.4 Å². The Kier molecular flexibility index (Phi) is 5.33. The molecule has 0 bridgehead atoms. The van der Waals surface area contributed by atoms with E-state index in [1.807, 2.05) is 32.0 Å². The summed E-state index contributed by atoms with van der Waals surface area (Å²) in [5.41, 5.74) is 4.07. The van der Waals surface area contributed by atoms with Crippen LogP contribution in [0.15, 0.2) is 18.2 Å². The van der Waals surface area contributed by atoms with Crippen LogP contribution < -0.4 is 5.32 Å². The highest BCUT2D eigenvalue weighted by atomic mass is 16.1. The van der Waals surface area contributed by atoms with E-state index < -0.39 is 0 Å². The fourth-order valence-electron chi connectivity index (χ4n) is 3.61. The largest absolute Gasteiger partial charge is 0.350 e. The van der Waals surface area contributed by atoms with Crippen molar-refractivity contribution in [2.24, 2.45) is 0 Å². The van der Waals surface area contributed by atoms with Crippen LogP contribution in [0.4, 0.5) is 0 Å². The number of likely N-dealkylation sites (tertiary alicyclic amines) is 1. The van der Waals surface area contributed by atoms with E-state index >= 15 is 0 Å². The lowest BCUT2D eigenvalue weighted by molar-refractivity contribution is 0.0886. The normalized spacial score (nSPS) is 19.8. The number of carbonyl (C=O) groups excluding carboxylic acids is 1. The number of nitrogens with one attached hydrogen (secondary N) is 1. The zero-order valence-electron chi connectivity index (χ0n) is 15.7. The molecule has 5 nitrogen and oxygen atoms in total. The molecule has 1 aliphatic rings. The maximum atomic E-state index is 12.5. The Balaban J connectivity index is 1.66. The summed E-state index contributed by atoms with van der Waals surface area (Å²) in [6.45, 7) is 10.2. The van der Waals surface area contributed by atoms with Crippen LogP contribution in [0, 0.1) is 13.8 Å². The maximum absolute atomic E-state index is 12.5. The van der Waals surface area contributed by atoms with Gasteiger partial charge in [0.2, 0.25) is 0 Å². The first-order chi connectivity index (χ1) is 12.0. The Labute approximate surface area is 149 Å². The minimum atomic E-state index is -0.0431. The minimum Gasteiger partial charge on any atom is -0.350 e. The second-order valence-electron chi connectivity index (χ2n) is 7.24. The van der Waals surface area contributed by atoms with Crippen LogP contribution in [0.3, 0.4) is 0 Å². The van der Waals surface area contributed by atoms with E-state index in [4.69, 9.17) is 0 Å². The van der Waals surface area contributed by atoms with Crippen LogP contribution in [0.1, 0.15) is 54.9 Å². The lowest BCUT2D eigenvalue weighted by atomic mass is 10.0. The van der Waals surface area contributed by atoms with Gasteiger partial charge in [-0.05, 0) is 65.3 Å². The summed E-state index contributed by atoms with van der Waals surface area (Å²) in [4.78, 5) is 24.1. The van der Waals surface area contributed by atoms with Gasteiger partial charge in [0.1, 0.15) is 0 Å². The van der Waals surface area contributed by atoms with Crippen molar-refractivity contribution < 1.29 is 4.79 Å². The smallest absolute Gasteiger partial charge is 0.251 e. The molecular formula is C20H28N4O. The number of rotatable bonds is 4. The summed E-state index contributed by atoms with van der Waals surface area (Å²) in [5.74, 6) is -0.0431. The molecule has 0 aliphatic carbocycles. The fraction of sp³-hybridized carbons (Fsp3) is 0.550. The number of hydrogen-bond donors (Lipinski definition) is 1. The Morgan fingerprint density at radius 1 is 1.24 bits per heavy atom. The molecule has 134 valence electrons. The first-order valence-corrected chi connectivity index (χ1v) is 9.24. The van der Waals surface area contributed by atoms with Gasteiger partial charge in [0.15, 0.2) is 0 Å². The highest BCUT2D eigenvalue weighted by Crippen LogP contribution is 2.19. The van der Waals surface area contributed by atoms with E-state index in [9.17, 15) is 4.79 Å². The van der Waals surface area contributed by atoms with E-state index in [0.29, 0.717) is 24.2 Å². The summed E-state index contributed by atoms with van der Waals surface area (Å²) < 4.78 is 0. The summed E-state index contributed by atoms with van der Waals surface area (Å²) in [7, 11) is 0. The molecule has 1 fully saturated rings. The van der Waals surface area contributed by atoms with Gasteiger partial charge in [-0.1, -0.05) is 6.42 Å². The van der Waals surface area contributed by atoms with Crippen LogP contribution in [-0.2, 0) is 0 Å². The van der Waals surface area contributed by atoms with Gasteiger partial charge in [0, 0.05) is 24.2 Å². The lowest BCUT2D eigenvalue weighted by Gasteiger charge is -2.38. The molecule has 0 saturated carbocycles. The molecule has 1 N–H and O–H groups in total. The van der Waals surface area contributed by atoms with Gasteiger partial charge in [0.25, 0.3) is 5.91 Å². The monoisotopic (exact) mass is 340 g/mol. The van der Waals surface area contributed by atoms with E-state index in [-0.39, 0.29) is 5.91 Å². The Morgan fingerprint density at radius 2 is 1.96 bits per heavy atom. The fourth-order valence-corrected chi connectivity index (χ4v) is 3.61. The van der Waals surface area contributed by atoms with Gasteiger partial charge in [-0.25, -0.2) is 9.97 Å². The number of carbonyl (C=O) groups is 1. The summed E-state index contributed by atoms with van der Waals surface area (Å²) in [6.07, 6.45) is 3.82. The Bertz CT molecular complexity index is 774. The number of fused-ring (bicyclic) bond motifs is 1. The van der Waals surface area contributed by atoms with E-state index in [1.165, 1.54) is 19.3 Å². The third-order valence-electron chi connectivity index (χ3n) is 5.32. The summed E-state index contributed by atoms with van der Waals surface area (Å²) in [5, 5.41) is 3.08. The molecule has 1 aromatic carbocycles. The average Bonchev–Trinajstić information content (AvgIpc) is 2.60. The first-order valence-electron chi connectivity index (χ1n) is 9.24. The van der Waals surface area contributed by atoms with Crippen LogP contribution in [-0.4, -0.2) is 45.9 Å². The van der Waals surface area contributed by atoms with Gasteiger partial charge >= 0.3 is 0 Å². The zero-order chi connectivity index (χ0) is 18.0. The summed E-state index contributed by atoms with van der Waals surface area (Å²) in [6, 6.07) is 6.49. The second kappa shape index (κ2) is 7.48. The molecule has 2 atom stereocenters. The van der Waals surface area contributed by atoms with Gasteiger partial charge in [-0.2, -0.15) is 0 Å². The molecule has 0 radical (unpaired) electrons. The molecule has 2 heterocycles. The Hall–Kier alpha value is -2.01. The number of amides is 1. The number of nitrogens with zero attached hydrogens (tertiary/aromatic N) is 3. The van der Waals surface area contributed by atoms with E-state index in [2.05, 4.69) is 34.0 Å². The van der Waals surface area contributed by atoms with Crippen molar-refractivity contribution >= 4 is 16.9 Å². The Morgan fingerprint density at radius 3 is 2.68 bits per heavy atom. The molecule has 5 heteroatoms. The van der Waals surface area contributed by atoms with Crippen molar-refractivity contribution in [1.82, 2.24) is 20.2 Å². The van der Waals surface area contributed by atoms with Crippen molar-refractivity contribution in [3.05, 3.63) is 35.2 Å².